The van der Waals surface area contributed by atoms with Gasteiger partial charge in [0.2, 0.25) is 10.0 Å². The highest BCUT2D eigenvalue weighted by Crippen LogP contribution is 2.05. The fraction of sp³-hybridized carbons (Fsp3) is 0.167. The van der Waals surface area contributed by atoms with E-state index >= 15 is 0 Å². The van der Waals surface area contributed by atoms with Crippen molar-refractivity contribution < 1.29 is 17.9 Å². The van der Waals surface area contributed by atoms with Gasteiger partial charge in [-0.3, -0.25) is 4.79 Å². The topological polar surface area (TPSA) is 72.5 Å². The number of hydrogen-bond donors (Lipinski definition) is 1. The van der Waals surface area contributed by atoms with E-state index < -0.39 is 22.5 Å². The van der Waals surface area contributed by atoms with Crippen LogP contribution in [0.15, 0.2) is 60.0 Å². The van der Waals surface area contributed by atoms with E-state index in [-0.39, 0.29) is 6.61 Å². The maximum absolute atomic E-state index is 11.8. The maximum Gasteiger partial charge on any atom is 0.321 e. The SMILES string of the molecule is Cc1ccc(COC(=O)CNS(=O)(=O)/C=C/c2ccccc2)cc1. The van der Waals surface area contributed by atoms with Gasteiger partial charge in [0.05, 0.1) is 0 Å². The van der Waals surface area contributed by atoms with Crippen molar-refractivity contribution in [2.45, 2.75) is 13.5 Å². The van der Waals surface area contributed by atoms with Crippen LogP contribution >= 0.6 is 0 Å². The number of benzene rings is 2. The fourth-order valence-electron chi connectivity index (χ4n) is 1.84. The molecule has 24 heavy (non-hydrogen) atoms. The van der Waals surface area contributed by atoms with Gasteiger partial charge in [-0.05, 0) is 24.1 Å². The number of hydrogen-bond acceptors (Lipinski definition) is 4. The minimum atomic E-state index is -3.69. The Balaban J connectivity index is 1.79. The lowest BCUT2D eigenvalue weighted by molar-refractivity contribution is -0.143. The predicted molar refractivity (Wildman–Crippen MR) is 93.4 cm³/mol. The van der Waals surface area contributed by atoms with Crippen LogP contribution in [0.25, 0.3) is 6.08 Å². The van der Waals surface area contributed by atoms with Gasteiger partial charge in [0.25, 0.3) is 0 Å². The first kappa shape index (κ1) is 17.9. The zero-order valence-corrected chi connectivity index (χ0v) is 14.1. The van der Waals surface area contributed by atoms with Gasteiger partial charge in [-0.15, -0.1) is 0 Å². The molecule has 0 amide bonds. The minimum Gasteiger partial charge on any atom is -0.460 e. The summed E-state index contributed by atoms with van der Waals surface area (Å²) in [5.74, 6) is -0.632. The molecule has 6 heteroatoms. The second kappa shape index (κ2) is 8.42. The third-order valence-electron chi connectivity index (χ3n) is 3.18. The lowest BCUT2D eigenvalue weighted by Crippen LogP contribution is -2.29. The highest BCUT2D eigenvalue weighted by Gasteiger charge is 2.10. The number of carbonyl (C=O) groups excluding carboxylic acids is 1. The van der Waals surface area contributed by atoms with E-state index in [1.165, 1.54) is 6.08 Å². The van der Waals surface area contributed by atoms with Gasteiger partial charge in [0, 0.05) is 5.41 Å². The number of esters is 1. The van der Waals surface area contributed by atoms with Gasteiger partial charge in [0.1, 0.15) is 13.2 Å². The molecule has 0 aromatic heterocycles. The Morgan fingerprint density at radius 3 is 2.42 bits per heavy atom. The average molecular weight is 345 g/mol. The molecular weight excluding hydrogens is 326 g/mol. The third kappa shape index (κ3) is 6.36. The summed E-state index contributed by atoms with van der Waals surface area (Å²) in [5.41, 5.74) is 2.72. The van der Waals surface area contributed by atoms with Crippen LogP contribution in [0, 0.1) is 6.92 Å². The molecule has 0 fully saturated rings. The Bertz CT molecular complexity index is 797. The quantitative estimate of drug-likeness (QED) is 0.783. The molecule has 0 aliphatic rings. The van der Waals surface area contributed by atoms with Gasteiger partial charge in [0.15, 0.2) is 0 Å². The summed E-state index contributed by atoms with van der Waals surface area (Å²) in [6, 6.07) is 16.6. The van der Waals surface area contributed by atoms with E-state index in [2.05, 4.69) is 4.72 Å². The van der Waals surface area contributed by atoms with Crippen molar-refractivity contribution >= 4 is 22.1 Å². The summed E-state index contributed by atoms with van der Waals surface area (Å²) in [7, 11) is -3.69. The van der Waals surface area contributed by atoms with Crippen molar-refractivity contribution in [3.63, 3.8) is 0 Å². The first-order valence-electron chi connectivity index (χ1n) is 7.38. The number of sulfonamides is 1. The lowest BCUT2D eigenvalue weighted by atomic mass is 10.2. The van der Waals surface area contributed by atoms with Crippen LogP contribution in [0.5, 0.6) is 0 Å². The molecule has 0 heterocycles. The third-order valence-corrected chi connectivity index (χ3v) is 4.22. The van der Waals surface area contributed by atoms with Gasteiger partial charge in [-0.1, -0.05) is 60.2 Å². The number of rotatable bonds is 7. The predicted octanol–water partition coefficient (Wildman–Crippen LogP) is 2.63. The van der Waals surface area contributed by atoms with Crippen LogP contribution in [0.2, 0.25) is 0 Å². The highest BCUT2D eigenvalue weighted by atomic mass is 32.2. The number of aryl methyl sites for hydroxylation is 1. The summed E-state index contributed by atoms with van der Waals surface area (Å²) in [6.45, 7) is 1.67. The second-order valence-electron chi connectivity index (χ2n) is 5.23. The van der Waals surface area contributed by atoms with Crippen LogP contribution in [0.3, 0.4) is 0 Å². The standard InChI is InChI=1S/C18H19NO4S/c1-15-7-9-17(10-8-15)14-23-18(20)13-19-24(21,22)12-11-16-5-3-2-4-6-16/h2-12,19H,13-14H2,1H3/b12-11+. The monoisotopic (exact) mass is 345 g/mol. The van der Waals surface area contributed by atoms with Crippen molar-refractivity contribution in [3.05, 3.63) is 76.7 Å². The number of carbonyl (C=O) groups is 1. The molecule has 2 aromatic rings. The van der Waals surface area contributed by atoms with Gasteiger partial charge >= 0.3 is 5.97 Å². The number of nitrogens with one attached hydrogen (secondary N) is 1. The van der Waals surface area contributed by atoms with E-state index in [0.717, 1.165) is 22.1 Å². The van der Waals surface area contributed by atoms with Crippen molar-refractivity contribution in [1.82, 2.24) is 4.72 Å². The molecule has 0 spiro atoms. The molecule has 126 valence electrons. The molecule has 0 unspecified atom stereocenters. The van der Waals surface area contributed by atoms with E-state index in [4.69, 9.17) is 4.74 Å². The second-order valence-corrected chi connectivity index (χ2v) is 6.88. The fourth-order valence-corrected chi connectivity index (χ4v) is 2.59. The molecular formula is C18H19NO4S. The van der Waals surface area contributed by atoms with Crippen LogP contribution in [0.1, 0.15) is 16.7 Å². The van der Waals surface area contributed by atoms with Crippen molar-refractivity contribution in [2.75, 3.05) is 6.54 Å². The van der Waals surface area contributed by atoms with E-state index in [1.807, 2.05) is 49.4 Å². The molecule has 0 saturated heterocycles. The summed E-state index contributed by atoms with van der Waals surface area (Å²) >= 11 is 0. The van der Waals surface area contributed by atoms with Crippen LogP contribution < -0.4 is 4.72 Å². The van der Waals surface area contributed by atoms with Crippen molar-refractivity contribution in [3.8, 4) is 0 Å². The van der Waals surface area contributed by atoms with Crippen LogP contribution in [-0.4, -0.2) is 20.9 Å². The van der Waals surface area contributed by atoms with Crippen LogP contribution in [0.4, 0.5) is 0 Å². The van der Waals surface area contributed by atoms with Gasteiger partial charge < -0.3 is 4.74 Å². The highest BCUT2D eigenvalue weighted by molar-refractivity contribution is 7.92. The molecule has 2 aromatic carbocycles. The first-order valence-corrected chi connectivity index (χ1v) is 8.93. The summed E-state index contributed by atoms with van der Waals surface area (Å²) < 4.78 is 30.9. The average Bonchev–Trinajstić information content (AvgIpc) is 2.59. The molecule has 0 aliphatic heterocycles. The zero-order chi connectivity index (χ0) is 17.4. The van der Waals surface area contributed by atoms with Crippen molar-refractivity contribution in [1.29, 1.82) is 0 Å². The Hall–Kier alpha value is -2.44. The van der Waals surface area contributed by atoms with Crippen molar-refractivity contribution in [2.24, 2.45) is 0 Å². The molecule has 1 N–H and O–H groups in total. The Labute approximate surface area is 142 Å². The van der Waals surface area contributed by atoms with E-state index in [1.54, 1.807) is 12.1 Å². The van der Waals surface area contributed by atoms with Crippen LogP contribution in [-0.2, 0) is 26.2 Å². The lowest BCUT2D eigenvalue weighted by Gasteiger charge is -2.06. The zero-order valence-electron chi connectivity index (χ0n) is 13.3. The Kier molecular flexibility index (Phi) is 6.28. The van der Waals surface area contributed by atoms with E-state index in [0.29, 0.717) is 0 Å². The molecule has 2 rings (SSSR count). The summed E-state index contributed by atoms with van der Waals surface area (Å²) in [5, 5.41) is 1.02. The molecule has 0 bridgehead atoms. The molecule has 0 aliphatic carbocycles. The minimum absolute atomic E-state index is 0.112. The molecule has 0 atom stereocenters. The van der Waals surface area contributed by atoms with E-state index in [9.17, 15) is 13.2 Å². The molecule has 0 saturated carbocycles. The summed E-state index contributed by atoms with van der Waals surface area (Å²) in [4.78, 5) is 11.6. The largest absolute Gasteiger partial charge is 0.460 e. The van der Waals surface area contributed by atoms with Gasteiger partial charge in [-0.25, -0.2) is 13.1 Å². The molecule has 0 radical (unpaired) electrons. The maximum atomic E-state index is 11.8. The number of ether oxygens (including phenoxy) is 1. The summed E-state index contributed by atoms with van der Waals surface area (Å²) in [6.07, 6.45) is 1.46. The normalized spacial score (nSPS) is 11.5. The molecule has 5 nitrogen and oxygen atoms in total. The van der Waals surface area contributed by atoms with Gasteiger partial charge in [-0.2, -0.15) is 0 Å². The smallest absolute Gasteiger partial charge is 0.321 e. The Morgan fingerprint density at radius 1 is 1.08 bits per heavy atom. The Morgan fingerprint density at radius 2 is 1.75 bits per heavy atom. The first-order chi connectivity index (χ1) is 11.4.